The molecular weight excluding hydrogens is 445 g/mol. The van der Waals surface area contributed by atoms with Gasteiger partial charge in [0.05, 0.1) is 18.2 Å². The molecule has 6 heteroatoms. The number of guanidine groups is 1. The van der Waals surface area contributed by atoms with E-state index in [2.05, 4.69) is 55.8 Å². The van der Waals surface area contributed by atoms with Crippen molar-refractivity contribution in [3.63, 3.8) is 0 Å². The summed E-state index contributed by atoms with van der Waals surface area (Å²) in [6.07, 6.45) is 4.32. The Labute approximate surface area is 151 Å². The molecule has 2 aliphatic rings. The molecule has 116 valence electrons. The van der Waals surface area contributed by atoms with Crippen LogP contribution in [0.4, 0.5) is 0 Å². The number of nitrogens with zero attached hydrogens (tertiary/aromatic N) is 1. The zero-order valence-corrected chi connectivity index (χ0v) is 15.9. The first-order valence-corrected chi connectivity index (χ1v) is 7.91. The Morgan fingerprint density at radius 1 is 1.33 bits per heavy atom. The van der Waals surface area contributed by atoms with Crippen molar-refractivity contribution >= 4 is 45.9 Å². The predicted octanol–water partition coefficient (Wildman–Crippen LogP) is 3.05. The summed E-state index contributed by atoms with van der Waals surface area (Å²) in [6, 6.07) is 8.72. The molecule has 4 nitrogen and oxygen atoms in total. The van der Waals surface area contributed by atoms with E-state index in [1.54, 1.807) is 0 Å². The monoisotopic (exact) mass is 465 g/mol. The van der Waals surface area contributed by atoms with Gasteiger partial charge in [-0.2, -0.15) is 0 Å². The summed E-state index contributed by atoms with van der Waals surface area (Å²) in [5.74, 6) is 0.856. The lowest BCUT2D eigenvalue weighted by atomic mass is 9.96. The van der Waals surface area contributed by atoms with E-state index in [9.17, 15) is 0 Å². The first-order valence-electron chi connectivity index (χ1n) is 7.11. The number of halogens is 2. The van der Waals surface area contributed by atoms with Gasteiger partial charge in [0.1, 0.15) is 0 Å². The van der Waals surface area contributed by atoms with Crippen LogP contribution in [0, 0.1) is 0 Å². The Morgan fingerprint density at radius 3 is 2.67 bits per heavy atom. The second-order valence-electron chi connectivity index (χ2n) is 5.41. The SMILES string of the molecule is CN=C(NCc1ccc(Br)cc1)NC1CC2CCC1O2.I. The highest BCUT2D eigenvalue weighted by Gasteiger charge is 2.41. The topological polar surface area (TPSA) is 45.7 Å². The van der Waals surface area contributed by atoms with E-state index < -0.39 is 0 Å². The molecule has 0 amide bonds. The molecule has 3 atom stereocenters. The summed E-state index contributed by atoms with van der Waals surface area (Å²) in [4.78, 5) is 4.30. The number of ether oxygens (including phenoxy) is 1. The van der Waals surface area contributed by atoms with Crippen molar-refractivity contribution in [2.45, 2.75) is 44.1 Å². The van der Waals surface area contributed by atoms with E-state index in [0.717, 1.165) is 23.4 Å². The molecule has 0 radical (unpaired) electrons. The van der Waals surface area contributed by atoms with Crippen LogP contribution in [0.3, 0.4) is 0 Å². The minimum absolute atomic E-state index is 0. The van der Waals surface area contributed by atoms with Crippen molar-refractivity contribution in [2.24, 2.45) is 4.99 Å². The van der Waals surface area contributed by atoms with Crippen LogP contribution in [0.1, 0.15) is 24.8 Å². The maximum atomic E-state index is 5.86. The standard InChI is InChI=1S/C15H20BrN3O.HI/c1-17-15(18-9-10-2-4-11(16)5-3-10)19-13-8-12-6-7-14(13)20-12;/h2-5,12-14H,6-9H2,1H3,(H2,17,18,19);1H. The second kappa shape index (κ2) is 7.78. The van der Waals surface area contributed by atoms with E-state index in [4.69, 9.17) is 4.74 Å². The van der Waals surface area contributed by atoms with Gasteiger partial charge < -0.3 is 15.4 Å². The lowest BCUT2D eigenvalue weighted by molar-refractivity contribution is 0.0992. The van der Waals surface area contributed by atoms with Crippen LogP contribution >= 0.6 is 39.9 Å². The van der Waals surface area contributed by atoms with Gasteiger partial charge in [-0.3, -0.25) is 4.99 Å². The number of benzene rings is 1. The molecule has 21 heavy (non-hydrogen) atoms. The summed E-state index contributed by atoms with van der Waals surface area (Å²) >= 11 is 3.45. The number of fused-ring (bicyclic) bond motifs is 2. The van der Waals surface area contributed by atoms with Crippen LogP contribution in [0.5, 0.6) is 0 Å². The quantitative estimate of drug-likeness (QED) is 0.409. The smallest absolute Gasteiger partial charge is 0.191 e. The van der Waals surface area contributed by atoms with Crippen molar-refractivity contribution in [1.82, 2.24) is 10.6 Å². The van der Waals surface area contributed by atoms with Crippen molar-refractivity contribution < 1.29 is 4.74 Å². The van der Waals surface area contributed by atoms with Gasteiger partial charge in [-0.1, -0.05) is 28.1 Å². The van der Waals surface area contributed by atoms with Gasteiger partial charge >= 0.3 is 0 Å². The Kier molecular flexibility index (Phi) is 6.31. The molecule has 2 bridgehead atoms. The summed E-state index contributed by atoms with van der Waals surface area (Å²) in [5, 5.41) is 6.84. The van der Waals surface area contributed by atoms with Crippen molar-refractivity contribution in [3.8, 4) is 0 Å². The Hall–Kier alpha value is -0.340. The highest BCUT2D eigenvalue weighted by atomic mass is 127. The molecule has 0 spiro atoms. The first kappa shape index (κ1) is 17.0. The minimum atomic E-state index is 0. The van der Waals surface area contributed by atoms with Gasteiger partial charge in [-0.15, -0.1) is 24.0 Å². The van der Waals surface area contributed by atoms with Crippen molar-refractivity contribution in [2.75, 3.05) is 7.05 Å². The fourth-order valence-corrected chi connectivity index (χ4v) is 3.21. The third-order valence-electron chi connectivity index (χ3n) is 4.02. The van der Waals surface area contributed by atoms with Crippen LogP contribution in [0.15, 0.2) is 33.7 Å². The van der Waals surface area contributed by atoms with Crippen molar-refractivity contribution in [1.29, 1.82) is 0 Å². The van der Waals surface area contributed by atoms with E-state index in [1.165, 1.54) is 18.4 Å². The first-order chi connectivity index (χ1) is 9.74. The maximum absolute atomic E-state index is 5.86. The molecular formula is C15H21BrIN3O. The average molecular weight is 466 g/mol. The molecule has 3 unspecified atom stereocenters. The molecule has 2 heterocycles. The van der Waals surface area contributed by atoms with Crippen LogP contribution in [0.25, 0.3) is 0 Å². The zero-order valence-electron chi connectivity index (χ0n) is 12.0. The van der Waals surface area contributed by atoms with E-state index in [0.29, 0.717) is 18.2 Å². The normalized spacial score (nSPS) is 27.3. The third kappa shape index (κ3) is 4.32. The largest absolute Gasteiger partial charge is 0.373 e. The molecule has 0 aromatic heterocycles. The lowest BCUT2D eigenvalue weighted by Gasteiger charge is -2.22. The molecule has 2 N–H and O–H groups in total. The van der Waals surface area contributed by atoms with Crippen LogP contribution < -0.4 is 10.6 Å². The molecule has 0 aliphatic carbocycles. The van der Waals surface area contributed by atoms with E-state index in [-0.39, 0.29) is 24.0 Å². The highest BCUT2D eigenvalue weighted by molar-refractivity contribution is 14.0. The van der Waals surface area contributed by atoms with Crippen LogP contribution in [-0.2, 0) is 11.3 Å². The average Bonchev–Trinajstić information content (AvgIpc) is 3.07. The van der Waals surface area contributed by atoms with Gasteiger partial charge in [-0.25, -0.2) is 0 Å². The maximum Gasteiger partial charge on any atom is 0.191 e. The molecule has 1 aromatic rings. The van der Waals surface area contributed by atoms with Gasteiger partial charge in [0.15, 0.2) is 5.96 Å². The van der Waals surface area contributed by atoms with Crippen LogP contribution in [-0.4, -0.2) is 31.3 Å². The van der Waals surface area contributed by atoms with Crippen molar-refractivity contribution in [3.05, 3.63) is 34.3 Å². The highest BCUT2D eigenvalue weighted by Crippen LogP contribution is 2.34. The Morgan fingerprint density at radius 2 is 2.10 bits per heavy atom. The molecule has 1 aromatic carbocycles. The van der Waals surface area contributed by atoms with E-state index >= 15 is 0 Å². The Bertz CT molecular complexity index is 494. The Balaban J connectivity index is 0.00000161. The summed E-state index contributed by atoms with van der Waals surface area (Å²) in [7, 11) is 1.81. The van der Waals surface area contributed by atoms with Gasteiger partial charge in [0, 0.05) is 18.1 Å². The molecule has 0 saturated carbocycles. The summed E-state index contributed by atoms with van der Waals surface area (Å²) in [5.41, 5.74) is 1.24. The number of nitrogens with one attached hydrogen (secondary N) is 2. The van der Waals surface area contributed by atoms with Gasteiger partial charge in [-0.05, 0) is 37.0 Å². The number of hydrogen-bond donors (Lipinski definition) is 2. The predicted molar refractivity (Wildman–Crippen MR) is 99.2 cm³/mol. The summed E-state index contributed by atoms with van der Waals surface area (Å²) in [6.45, 7) is 0.772. The molecule has 2 saturated heterocycles. The molecule has 2 fully saturated rings. The van der Waals surface area contributed by atoms with Gasteiger partial charge in [0.2, 0.25) is 0 Å². The summed E-state index contributed by atoms with van der Waals surface area (Å²) < 4.78 is 6.96. The fraction of sp³-hybridized carbons (Fsp3) is 0.533. The fourth-order valence-electron chi connectivity index (χ4n) is 2.95. The number of aliphatic imine (C=N–C) groups is 1. The molecule has 3 rings (SSSR count). The third-order valence-corrected chi connectivity index (χ3v) is 4.55. The second-order valence-corrected chi connectivity index (χ2v) is 6.33. The number of hydrogen-bond acceptors (Lipinski definition) is 2. The van der Waals surface area contributed by atoms with Gasteiger partial charge in [0.25, 0.3) is 0 Å². The zero-order chi connectivity index (χ0) is 13.9. The van der Waals surface area contributed by atoms with E-state index in [1.807, 2.05) is 7.05 Å². The number of rotatable bonds is 3. The van der Waals surface area contributed by atoms with Crippen LogP contribution in [0.2, 0.25) is 0 Å². The molecule has 2 aliphatic heterocycles. The lowest BCUT2D eigenvalue weighted by Crippen LogP contribution is -2.47. The minimum Gasteiger partial charge on any atom is -0.373 e.